The Kier molecular flexibility index (Phi) is 4.61. The molecule has 0 aliphatic rings. The standard InChI is InChI=1S/C11H15BrN2O2/c1-3-16-11(15)7(2)14-10-5-4-8(13)6-9(10)12/h4-7,14H,3,13H2,1-2H3. The van der Waals surface area contributed by atoms with E-state index in [1.165, 1.54) is 0 Å². The highest BCUT2D eigenvalue weighted by molar-refractivity contribution is 9.10. The molecule has 3 N–H and O–H groups in total. The minimum atomic E-state index is -0.389. The van der Waals surface area contributed by atoms with Crippen molar-refractivity contribution in [3.63, 3.8) is 0 Å². The summed E-state index contributed by atoms with van der Waals surface area (Å²) in [5.74, 6) is -0.272. The largest absolute Gasteiger partial charge is 0.464 e. The van der Waals surface area contributed by atoms with Gasteiger partial charge in [0.05, 0.1) is 6.61 Å². The smallest absolute Gasteiger partial charge is 0.328 e. The lowest BCUT2D eigenvalue weighted by molar-refractivity contribution is -0.143. The molecule has 0 spiro atoms. The molecule has 1 unspecified atom stereocenters. The van der Waals surface area contributed by atoms with Crippen molar-refractivity contribution >= 4 is 33.3 Å². The number of benzene rings is 1. The summed E-state index contributed by atoms with van der Waals surface area (Å²) in [5, 5.41) is 3.04. The number of carbonyl (C=O) groups excluding carboxylic acids is 1. The molecule has 5 heteroatoms. The maximum Gasteiger partial charge on any atom is 0.328 e. The summed E-state index contributed by atoms with van der Waals surface area (Å²) >= 11 is 3.37. The zero-order chi connectivity index (χ0) is 12.1. The van der Waals surface area contributed by atoms with Crippen LogP contribution in [0.1, 0.15) is 13.8 Å². The predicted molar refractivity (Wildman–Crippen MR) is 68.3 cm³/mol. The number of esters is 1. The highest BCUT2D eigenvalue weighted by atomic mass is 79.9. The molecule has 4 nitrogen and oxygen atoms in total. The van der Waals surface area contributed by atoms with Gasteiger partial charge >= 0.3 is 5.97 Å². The summed E-state index contributed by atoms with van der Waals surface area (Å²) in [7, 11) is 0. The Morgan fingerprint density at radius 1 is 1.62 bits per heavy atom. The minimum Gasteiger partial charge on any atom is -0.464 e. The second-order valence-electron chi connectivity index (χ2n) is 3.36. The van der Waals surface area contributed by atoms with E-state index in [0.717, 1.165) is 10.2 Å². The van der Waals surface area contributed by atoms with Crippen LogP contribution in [0.15, 0.2) is 22.7 Å². The number of hydrogen-bond donors (Lipinski definition) is 2. The number of hydrogen-bond acceptors (Lipinski definition) is 4. The lowest BCUT2D eigenvalue weighted by atomic mass is 10.2. The molecule has 1 aromatic rings. The first-order chi connectivity index (χ1) is 7.54. The fourth-order valence-electron chi connectivity index (χ4n) is 1.21. The molecule has 0 saturated carbocycles. The van der Waals surface area contributed by atoms with Crippen molar-refractivity contribution in [3.8, 4) is 0 Å². The summed E-state index contributed by atoms with van der Waals surface area (Å²) < 4.78 is 5.72. The van der Waals surface area contributed by atoms with Crippen molar-refractivity contribution < 1.29 is 9.53 Å². The Labute approximate surface area is 103 Å². The van der Waals surface area contributed by atoms with E-state index in [-0.39, 0.29) is 12.0 Å². The fourth-order valence-corrected chi connectivity index (χ4v) is 1.72. The van der Waals surface area contributed by atoms with Crippen molar-refractivity contribution in [1.82, 2.24) is 0 Å². The SMILES string of the molecule is CCOC(=O)C(C)Nc1ccc(N)cc1Br. The maximum absolute atomic E-state index is 11.4. The first-order valence-electron chi connectivity index (χ1n) is 5.02. The molecule has 0 aromatic heterocycles. The van der Waals surface area contributed by atoms with Gasteiger partial charge in [0.2, 0.25) is 0 Å². The van der Waals surface area contributed by atoms with E-state index in [2.05, 4.69) is 21.2 Å². The topological polar surface area (TPSA) is 64.3 Å². The molecule has 0 fully saturated rings. The molecule has 0 aliphatic heterocycles. The van der Waals surface area contributed by atoms with Gasteiger partial charge in [-0.2, -0.15) is 0 Å². The molecular weight excluding hydrogens is 272 g/mol. The Morgan fingerprint density at radius 2 is 2.31 bits per heavy atom. The van der Waals surface area contributed by atoms with Crippen molar-refractivity contribution in [2.75, 3.05) is 17.7 Å². The predicted octanol–water partition coefficient (Wildman–Crippen LogP) is 2.39. The van der Waals surface area contributed by atoms with E-state index in [1.54, 1.807) is 26.0 Å². The third-order valence-corrected chi connectivity index (χ3v) is 2.66. The second-order valence-corrected chi connectivity index (χ2v) is 4.21. The van der Waals surface area contributed by atoms with Gasteiger partial charge in [-0.25, -0.2) is 4.79 Å². The summed E-state index contributed by atoms with van der Waals surface area (Å²) in [6, 6.07) is 4.97. The molecule has 1 aromatic carbocycles. The molecular formula is C11H15BrN2O2. The number of rotatable bonds is 4. The molecule has 0 saturated heterocycles. The first-order valence-corrected chi connectivity index (χ1v) is 5.82. The van der Waals surface area contributed by atoms with Crippen LogP contribution in [0, 0.1) is 0 Å². The van der Waals surface area contributed by atoms with Crippen LogP contribution < -0.4 is 11.1 Å². The summed E-state index contributed by atoms with van der Waals surface area (Å²) in [5.41, 5.74) is 7.10. The lowest BCUT2D eigenvalue weighted by Crippen LogP contribution is -2.28. The van der Waals surface area contributed by atoms with Gasteiger partial charge in [-0.05, 0) is 48.0 Å². The van der Waals surface area contributed by atoms with E-state index in [1.807, 2.05) is 6.07 Å². The minimum absolute atomic E-state index is 0.272. The van der Waals surface area contributed by atoms with Gasteiger partial charge in [0, 0.05) is 15.8 Å². The molecule has 0 heterocycles. The summed E-state index contributed by atoms with van der Waals surface area (Å²) in [4.78, 5) is 11.4. The van der Waals surface area contributed by atoms with Gasteiger partial charge in [0.15, 0.2) is 0 Å². The van der Waals surface area contributed by atoms with Gasteiger partial charge in [0.1, 0.15) is 6.04 Å². The molecule has 0 radical (unpaired) electrons. The highest BCUT2D eigenvalue weighted by Crippen LogP contribution is 2.25. The van der Waals surface area contributed by atoms with Gasteiger partial charge in [0.25, 0.3) is 0 Å². The van der Waals surface area contributed by atoms with Crippen LogP contribution in [-0.4, -0.2) is 18.6 Å². The third-order valence-electron chi connectivity index (χ3n) is 2.01. The Morgan fingerprint density at radius 3 is 2.88 bits per heavy atom. The van der Waals surface area contributed by atoms with Crippen molar-refractivity contribution in [2.45, 2.75) is 19.9 Å². The van der Waals surface area contributed by atoms with E-state index >= 15 is 0 Å². The molecule has 0 bridgehead atoms. The zero-order valence-electron chi connectivity index (χ0n) is 9.29. The van der Waals surface area contributed by atoms with Crippen LogP contribution in [0.3, 0.4) is 0 Å². The Balaban J connectivity index is 2.69. The van der Waals surface area contributed by atoms with Gasteiger partial charge < -0.3 is 15.8 Å². The van der Waals surface area contributed by atoms with Crippen LogP contribution in [0.2, 0.25) is 0 Å². The van der Waals surface area contributed by atoms with Gasteiger partial charge in [-0.1, -0.05) is 0 Å². The third kappa shape index (κ3) is 3.41. The molecule has 1 rings (SSSR count). The average Bonchev–Trinajstić information content (AvgIpc) is 2.22. The van der Waals surface area contributed by atoms with Crippen LogP contribution in [0.4, 0.5) is 11.4 Å². The molecule has 0 aliphatic carbocycles. The normalized spacial score (nSPS) is 11.9. The fraction of sp³-hybridized carbons (Fsp3) is 0.364. The Hall–Kier alpha value is -1.23. The first kappa shape index (κ1) is 12.8. The Bertz CT molecular complexity index is 382. The van der Waals surface area contributed by atoms with Crippen LogP contribution in [0.5, 0.6) is 0 Å². The summed E-state index contributed by atoms with van der Waals surface area (Å²) in [6.45, 7) is 3.91. The number of anilines is 2. The van der Waals surface area contributed by atoms with E-state index in [0.29, 0.717) is 12.3 Å². The summed E-state index contributed by atoms with van der Waals surface area (Å²) in [6.07, 6.45) is 0. The molecule has 88 valence electrons. The van der Waals surface area contributed by atoms with E-state index in [4.69, 9.17) is 10.5 Å². The number of nitrogens with one attached hydrogen (secondary N) is 1. The van der Waals surface area contributed by atoms with E-state index < -0.39 is 0 Å². The number of carbonyl (C=O) groups is 1. The highest BCUT2D eigenvalue weighted by Gasteiger charge is 2.14. The quantitative estimate of drug-likeness (QED) is 0.659. The maximum atomic E-state index is 11.4. The molecule has 1 atom stereocenters. The number of nitrogen functional groups attached to an aromatic ring is 1. The van der Waals surface area contributed by atoms with Crippen LogP contribution in [0.25, 0.3) is 0 Å². The monoisotopic (exact) mass is 286 g/mol. The number of halogens is 1. The van der Waals surface area contributed by atoms with Crippen molar-refractivity contribution in [2.24, 2.45) is 0 Å². The van der Waals surface area contributed by atoms with Gasteiger partial charge in [-0.3, -0.25) is 0 Å². The van der Waals surface area contributed by atoms with Crippen molar-refractivity contribution in [1.29, 1.82) is 0 Å². The number of ether oxygens (including phenoxy) is 1. The number of nitrogens with two attached hydrogens (primary N) is 1. The lowest BCUT2D eigenvalue weighted by Gasteiger charge is -2.15. The second kappa shape index (κ2) is 5.75. The van der Waals surface area contributed by atoms with Crippen LogP contribution in [-0.2, 0) is 9.53 Å². The van der Waals surface area contributed by atoms with Gasteiger partial charge in [-0.15, -0.1) is 0 Å². The molecule has 16 heavy (non-hydrogen) atoms. The average molecular weight is 287 g/mol. The van der Waals surface area contributed by atoms with E-state index in [9.17, 15) is 4.79 Å². The molecule has 0 amide bonds. The zero-order valence-corrected chi connectivity index (χ0v) is 10.9. The van der Waals surface area contributed by atoms with Crippen molar-refractivity contribution in [3.05, 3.63) is 22.7 Å². The van der Waals surface area contributed by atoms with Crippen LogP contribution >= 0.6 is 15.9 Å².